The van der Waals surface area contributed by atoms with E-state index in [4.69, 9.17) is 0 Å². The van der Waals surface area contributed by atoms with Crippen LogP contribution in [0.4, 0.5) is 5.69 Å². The predicted molar refractivity (Wildman–Crippen MR) is 76.9 cm³/mol. The number of anilines is 1. The molecule has 3 aromatic rings. The van der Waals surface area contributed by atoms with Crippen LogP contribution in [0.1, 0.15) is 21.6 Å². The van der Waals surface area contributed by atoms with Crippen LogP contribution in [0.5, 0.6) is 0 Å². The van der Waals surface area contributed by atoms with E-state index in [0.717, 1.165) is 11.3 Å². The number of hydrogen-bond acceptors (Lipinski definition) is 3. The molecule has 1 N–H and O–H groups in total. The highest BCUT2D eigenvalue weighted by atomic mass is 16.2. The van der Waals surface area contributed by atoms with E-state index in [0.29, 0.717) is 11.3 Å². The number of nitrogens with zero attached hydrogens (tertiary/aromatic N) is 3. The smallest absolute Gasteiger partial charge is 0.274 e. The van der Waals surface area contributed by atoms with Crippen molar-refractivity contribution in [1.82, 2.24) is 14.6 Å². The average molecular weight is 266 g/mol. The topological polar surface area (TPSA) is 59.3 Å². The number of rotatable bonds is 2. The van der Waals surface area contributed by atoms with Crippen molar-refractivity contribution in [3.63, 3.8) is 0 Å². The van der Waals surface area contributed by atoms with E-state index in [9.17, 15) is 4.79 Å². The van der Waals surface area contributed by atoms with E-state index in [1.54, 1.807) is 24.5 Å². The molecule has 100 valence electrons. The minimum atomic E-state index is -0.201. The lowest BCUT2D eigenvalue weighted by atomic mass is 10.1. The van der Waals surface area contributed by atoms with Gasteiger partial charge in [-0.25, -0.2) is 9.50 Å². The van der Waals surface area contributed by atoms with E-state index >= 15 is 0 Å². The first-order chi connectivity index (χ1) is 9.65. The molecule has 0 fully saturated rings. The third-order valence-corrected chi connectivity index (χ3v) is 3.15. The SMILES string of the molecule is Cc1ccc(NC(=O)c2ccnc3ccnn23)c(C)c1. The lowest BCUT2D eigenvalue weighted by Crippen LogP contribution is -2.17. The highest BCUT2D eigenvalue weighted by molar-refractivity contribution is 6.03. The summed E-state index contributed by atoms with van der Waals surface area (Å²) in [6.07, 6.45) is 3.23. The molecule has 0 spiro atoms. The lowest BCUT2D eigenvalue weighted by molar-refractivity contribution is 0.101. The predicted octanol–water partition coefficient (Wildman–Crippen LogP) is 2.60. The normalized spacial score (nSPS) is 10.7. The van der Waals surface area contributed by atoms with Crippen molar-refractivity contribution in [1.29, 1.82) is 0 Å². The number of benzene rings is 1. The molecule has 0 unspecified atom stereocenters. The summed E-state index contributed by atoms with van der Waals surface area (Å²) in [6, 6.07) is 9.32. The second kappa shape index (κ2) is 4.77. The Balaban J connectivity index is 1.95. The van der Waals surface area contributed by atoms with Gasteiger partial charge in [-0.1, -0.05) is 17.7 Å². The van der Waals surface area contributed by atoms with Crippen molar-refractivity contribution in [2.45, 2.75) is 13.8 Å². The molecule has 5 nitrogen and oxygen atoms in total. The monoisotopic (exact) mass is 266 g/mol. The molecule has 0 bridgehead atoms. The summed E-state index contributed by atoms with van der Waals surface area (Å²) >= 11 is 0. The van der Waals surface area contributed by atoms with Gasteiger partial charge in [0.25, 0.3) is 5.91 Å². The fraction of sp³-hybridized carbons (Fsp3) is 0.133. The fourth-order valence-electron chi connectivity index (χ4n) is 2.15. The standard InChI is InChI=1S/C15H14N4O/c1-10-3-4-12(11(2)9-10)18-15(20)13-5-7-16-14-6-8-17-19(13)14/h3-9H,1-2H3,(H,18,20). The fourth-order valence-corrected chi connectivity index (χ4v) is 2.15. The van der Waals surface area contributed by atoms with Gasteiger partial charge in [-0.05, 0) is 31.5 Å². The first-order valence-electron chi connectivity index (χ1n) is 6.32. The molecule has 2 aromatic heterocycles. The maximum Gasteiger partial charge on any atom is 0.274 e. The molecule has 5 heteroatoms. The molecule has 0 aliphatic heterocycles. The maximum atomic E-state index is 12.4. The van der Waals surface area contributed by atoms with E-state index < -0.39 is 0 Å². The molecule has 2 heterocycles. The third-order valence-electron chi connectivity index (χ3n) is 3.15. The molecule has 1 amide bonds. The maximum absolute atomic E-state index is 12.4. The van der Waals surface area contributed by atoms with Gasteiger partial charge in [0.05, 0.1) is 6.20 Å². The summed E-state index contributed by atoms with van der Waals surface area (Å²) in [7, 11) is 0. The van der Waals surface area contributed by atoms with E-state index in [2.05, 4.69) is 15.4 Å². The van der Waals surface area contributed by atoms with Gasteiger partial charge < -0.3 is 5.32 Å². The van der Waals surface area contributed by atoms with Gasteiger partial charge in [0.15, 0.2) is 5.65 Å². The number of aryl methyl sites for hydroxylation is 2. The minimum Gasteiger partial charge on any atom is -0.320 e. The molecule has 0 aliphatic carbocycles. The second-order valence-electron chi connectivity index (χ2n) is 4.70. The Bertz CT molecular complexity index is 791. The second-order valence-corrected chi connectivity index (χ2v) is 4.70. The van der Waals surface area contributed by atoms with E-state index in [-0.39, 0.29) is 5.91 Å². The molecule has 3 rings (SSSR count). The van der Waals surface area contributed by atoms with Gasteiger partial charge in [0, 0.05) is 18.0 Å². The van der Waals surface area contributed by atoms with Gasteiger partial charge in [-0.2, -0.15) is 5.10 Å². The van der Waals surface area contributed by atoms with Crippen LogP contribution in [-0.2, 0) is 0 Å². The number of nitrogens with one attached hydrogen (secondary N) is 1. The zero-order valence-corrected chi connectivity index (χ0v) is 11.3. The Morgan fingerprint density at radius 3 is 2.80 bits per heavy atom. The van der Waals surface area contributed by atoms with Crippen LogP contribution in [0.25, 0.3) is 5.65 Å². The zero-order chi connectivity index (χ0) is 14.1. The van der Waals surface area contributed by atoms with Crippen LogP contribution >= 0.6 is 0 Å². The Morgan fingerprint density at radius 1 is 1.15 bits per heavy atom. The molecular formula is C15H14N4O. The number of amides is 1. The van der Waals surface area contributed by atoms with Gasteiger partial charge >= 0.3 is 0 Å². The van der Waals surface area contributed by atoms with Gasteiger partial charge in [-0.15, -0.1) is 0 Å². The largest absolute Gasteiger partial charge is 0.320 e. The van der Waals surface area contributed by atoms with Crippen molar-refractivity contribution in [3.8, 4) is 0 Å². The molecule has 0 radical (unpaired) electrons. The van der Waals surface area contributed by atoms with Crippen molar-refractivity contribution < 1.29 is 4.79 Å². The summed E-state index contributed by atoms with van der Waals surface area (Å²) < 4.78 is 1.53. The van der Waals surface area contributed by atoms with Crippen LogP contribution in [0.15, 0.2) is 42.7 Å². The number of fused-ring (bicyclic) bond motifs is 1. The summed E-state index contributed by atoms with van der Waals surface area (Å²) in [5.74, 6) is -0.201. The van der Waals surface area contributed by atoms with E-state index in [1.165, 1.54) is 10.1 Å². The zero-order valence-electron chi connectivity index (χ0n) is 11.3. The van der Waals surface area contributed by atoms with Gasteiger partial charge in [0.1, 0.15) is 5.69 Å². The summed E-state index contributed by atoms with van der Waals surface area (Å²) in [5.41, 5.74) is 4.11. The van der Waals surface area contributed by atoms with Crippen LogP contribution in [0.2, 0.25) is 0 Å². The summed E-state index contributed by atoms with van der Waals surface area (Å²) in [5, 5.41) is 7.02. The van der Waals surface area contributed by atoms with Crippen molar-refractivity contribution in [2.75, 3.05) is 5.32 Å². The number of hydrogen-bond donors (Lipinski definition) is 1. The molecule has 20 heavy (non-hydrogen) atoms. The first-order valence-corrected chi connectivity index (χ1v) is 6.32. The average Bonchev–Trinajstić information content (AvgIpc) is 2.90. The number of aromatic nitrogens is 3. The highest BCUT2D eigenvalue weighted by Gasteiger charge is 2.12. The Labute approximate surface area is 116 Å². The van der Waals surface area contributed by atoms with Crippen molar-refractivity contribution in [3.05, 3.63) is 59.5 Å². The van der Waals surface area contributed by atoms with Crippen molar-refractivity contribution in [2.24, 2.45) is 0 Å². The molecule has 0 atom stereocenters. The van der Waals surface area contributed by atoms with Crippen LogP contribution < -0.4 is 5.32 Å². The molecule has 0 saturated carbocycles. The number of carbonyl (C=O) groups is 1. The lowest BCUT2D eigenvalue weighted by Gasteiger charge is -2.09. The quantitative estimate of drug-likeness (QED) is 0.775. The Kier molecular flexibility index (Phi) is 2.95. The molecule has 0 aliphatic rings. The van der Waals surface area contributed by atoms with Crippen LogP contribution in [-0.4, -0.2) is 20.5 Å². The molecule has 0 saturated heterocycles. The van der Waals surface area contributed by atoms with Crippen molar-refractivity contribution >= 4 is 17.2 Å². The van der Waals surface area contributed by atoms with Crippen LogP contribution in [0.3, 0.4) is 0 Å². The Hall–Kier alpha value is -2.69. The minimum absolute atomic E-state index is 0.201. The molecule has 1 aromatic carbocycles. The first kappa shape index (κ1) is 12.3. The van der Waals surface area contributed by atoms with E-state index in [1.807, 2.05) is 32.0 Å². The van der Waals surface area contributed by atoms with Crippen LogP contribution in [0, 0.1) is 13.8 Å². The highest BCUT2D eigenvalue weighted by Crippen LogP contribution is 2.17. The third kappa shape index (κ3) is 2.14. The Morgan fingerprint density at radius 2 is 2.00 bits per heavy atom. The van der Waals surface area contributed by atoms with Gasteiger partial charge in [0.2, 0.25) is 0 Å². The summed E-state index contributed by atoms with van der Waals surface area (Å²) in [4.78, 5) is 16.5. The molecular weight excluding hydrogens is 252 g/mol. The van der Waals surface area contributed by atoms with Gasteiger partial charge in [-0.3, -0.25) is 4.79 Å². The number of carbonyl (C=O) groups excluding carboxylic acids is 1. The summed E-state index contributed by atoms with van der Waals surface area (Å²) in [6.45, 7) is 3.99.